The third-order valence-corrected chi connectivity index (χ3v) is 3.49. The van der Waals surface area contributed by atoms with E-state index in [-0.39, 0.29) is 0 Å². The van der Waals surface area contributed by atoms with Crippen LogP contribution in [0.1, 0.15) is 34.1 Å². The van der Waals surface area contributed by atoms with Crippen molar-refractivity contribution < 1.29 is 0 Å². The Kier molecular flexibility index (Phi) is 3.41. The average Bonchev–Trinajstić information content (AvgIpc) is 2.32. The van der Waals surface area contributed by atoms with Gasteiger partial charge in [-0.2, -0.15) is 0 Å². The molecule has 80 valence electrons. The first kappa shape index (κ1) is 11.4. The summed E-state index contributed by atoms with van der Waals surface area (Å²) in [5, 5.41) is 3.51. The molecule has 0 aromatic rings. The van der Waals surface area contributed by atoms with Crippen LogP contribution in [0, 0.1) is 17.8 Å². The van der Waals surface area contributed by atoms with E-state index in [1.807, 2.05) is 0 Å². The molecule has 3 unspecified atom stereocenters. The lowest BCUT2D eigenvalue weighted by Gasteiger charge is -2.24. The first-order valence-corrected chi connectivity index (χ1v) is 5.56. The summed E-state index contributed by atoms with van der Waals surface area (Å²) in [6.45, 7) is 17.1. The van der Waals surface area contributed by atoms with E-state index in [2.05, 4.69) is 46.2 Å². The van der Waals surface area contributed by atoms with Crippen LogP contribution in [0.15, 0.2) is 24.4 Å². The summed E-state index contributed by atoms with van der Waals surface area (Å²) in [5.41, 5.74) is 2.48. The van der Waals surface area contributed by atoms with Crippen molar-refractivity contribution in [3.05, 3.63) is 24.4 Å². The molecule has 1 aliphatic carbocycles. The zero-order valence-electron chi connectivity index (χ0n) is 9.93. The lowest BCUT2D eigenvalue weighted by molar-refractivity contribution is 0.389. The van der Waals surface area contributed by atoms with Crippen LogP contribution >= 0.6 is 0 Å². The van der Waals surface area contributed by atoms with Crippen molar-refractivity contribution in [1.29, 1.82) is 0 Å². The van der Waals surface area contributed by atoms with Crippen LogP contribution in [0.25, 0.3) is 0 Å². The van der Waals surface area contributed by atoms with Crippen molar-refractivity contribution in [2.24, 2.45) is 17.8 Å². The molecule has 0 aromatic heterocycles. The fourth-order valence-corrected chi connectivity index (χ4v) is 2.03. The van der Waals surface area contributed by atoms with Crippen molar-refractivity contribution >= 4 is 0 Å². The van der Waals surface area contributed by atoms with Gasteiger partial charge in [0, 0.05) is 11.7 Å². The highest BCUT2D eigenvalue weighted by atomic mass is 14.9. The minimum absolute atomic E-state index is 0.444. The van der Waals surface area contributed by atoms with E-state index < -0.39 is 0 Å². The molecule has 1 nitrogen and oxygen atoms in total. The maximum Gasteiger partial charge on any atom is 0.0496 e. The number of hydrogen-bond donors (Lipinski definition) is 1. The fraction of sp³-hybridized carbons (Fsp3) is 0.692. The van der Waals surface area contributed by atoms with Gasteiger partial charge in [-0.1, -0.05) is 46.4 Å². The molecule has 0 aliphatic heterocycles. The van der Waals surface area contributed by atoms with Gasteiger partial charge in [0.15, 0.2) is 0 Å². The third-order valence-electron chi connectivity index (χ3n) is 3.49. The van der Waals surface area contributed by atoms with Crippen LogP contribution < -0.4 is 5.32 Å². The number of rotatable bonds is 3. The topological polar surface area (TPSA) is 12.0 Å². The first-order valence-electron chi connectivity index (χ1n) is 5.56. The first-order chi connectivity index (χ1) is 6.43. The Bertz CT molecular complexity index is 240. The van der Waals surface area contributed by atoms with Crippen LogP contribution in [-0.4, -0.2) is 6.04 Å². The predicted octanol–water partition coefficient (Wildman–Crippen LogP) is 3.35. The second-order valence-corrected chi connectivity index (χ2v) is 5.00. The quantitative estimate of drug-likeness (QED) is 0.678. The standard InChI is InChI=1S/C13H23N/c1-8(2)12(6)14-13-10(4)7-9(3)11(13)5/h8-9,11,13-14H,4,6-7H2,1-3,5H3. The van der Waals surface area contributed by atoms with Gasteiger partial charge in [0.25, 0.3) is 0 Å². The zero-order valence-corrected chi connectivity index (χ0v) is 9.93. The molecule has 0 radical (unpaired) electrons. The van der Waals surface area contributed by atoms with Crippen molar-refractivity contribution in [3.63, 3.8) is 0 Å². The highest BCUT2D eigenvalue weighted by Crippen LogP contribution is 2.35. The lowest BCUT2D eigenvalue weighted by Crippen LogP contribution is -2.34. The van der Waals surface area contributed by atoms with Crippen LogP contribution in [-0.2, 0) is 0 Å². The van der Waals surface area contributed by atoms with E-state index in [9.17, 15) is 0 Å². The van der Waals surface area contributed by atoms with Gasteiger partial charge < -0.3 is 5.32 Å². The molecule has 1 rings (SSSR count). The number of nitrogens with one attached hydrogen (secondary N) is 1. The summed E-state index contributed by atoms with van der Waals surface area (Å²) < 4.78 is 0. The molecule has 1 saturated carbocycles. The number of hydrogen-bond acceptors (Lipinski definition) is 1. The minimum atomic E-state index is 0.444. The van der Waals surface area contributed by atoms with E-state index in [1.54, 1.807) is 0 Å². The van der Waals surface area contributed by atoms with Crippen LogP contribution in [0.3, 0.4) is 0 Å². The summed E-state index contributed by atoms with van der Waals surface area (Å²) in [5.74, 6) is 1.93. The Morgan fingerprint density at radius 3 is 2.36 bits per heavy atom. The second-order valence-electron chi connectivity index (χ2n) is 5.00. The van der Waals surface area contributed by atoms with Crippen LogP contribution in [0.5, 0.6) is 0 Å². The van der Waals surface area contributed by atoms with Crippen molar-refractivity contribution in [2.75, 3.05) is 0 Å². The van der Waals surface area contributed by atoms with Gasteiger partial charge in [0.2, 0.25) is 0 Å². The van der Waals surface area contributed by atoms with Gasteiger partial charge in [-0.15, -0.1) is 0 Å². The van der Waals surface area contributed by atoms with E-state index in [4.69, 9.17) is 0 Å². The maximum absolute atomic E-state index is 4.15. The number of allylic oxidation sites excluding steroid dienone is 1. The van der Waals surface area contributed by atoms with Crippen molar-refractivity contribution in [2.45, 2.75) is 40.2 Å². The van der Waals surface area contributed by atoms with E-state index in [0.717, 1.165) is 18.0 Å². The summed E-state index contributed by atoms with van der Waals surface area (Å²) in [7, 11) is 0. The molecule has 14 heavy (non-hydrogen) atoms. The summed E-state index contributed by atoms with van der Waals surface area (Å²) >= 11 is 0. The predicted molar refractivity (Wildman–Crippen MR) is 63.0 cm³/mol. The third kappa shape index (κ3) is 2.20. The van der Waals surface area contributed by atoms with Crippen LogP contribution in [0.2, 0.25) is 0 Å². The van der Waals surface area contributed by atoms with Crippen molar-refractivity contribution in [3.8, 4) is 0 Å². The largest absolute Gasteiger partial charge is 0.382 e. The van der Waals surface area contributed by atoms with E-state index >= 15 is 0 Å². The summed E-state index contributed by atoms with van der Waals surface area (Å²) in [6, 6.07) is 0.444. The Morgan fingerprint density at radius 1 is 1.43 bits per heavy atom. The molecule has 0 spiro atoms. The molecule has 1 heteroatoms. The van der Waals surface area contributed by atoms with Gasteiger partial charge in [-0.3, -0.25) is 0 Å². The molecule has 0 bridgehead atoms. The second kappa shape index (κ2) is 4.20. The monoisotopic (exact) mass is 193 g/mol. The molecule has 0 amide bonds. The molecule has 1 fully saturated rings. The fourth-order valence-electron chi connectivity index (χ4n) is 2.03. The Balaban J connectivity index is 2.60. The normalized spacial score (nSPS) is 32.4. The Hall–Kier alpha value is -0.720. The smallest absolute Gasteiger partial charge is 0.0496 e. The van der Waals surface area contributed by atoms with E-state index in [0.29, 0.717) is 17.9 Å². The Morgan fingerprint density at radius 2 is 2.00 bits per heavy atom. The molecule has 0 saturated heterocycles. The zero-order chi connectivity index (χ0) is 10.9. The Labute approximate surface area is 88.3 Å². The SMILES string of the molecule is C=C(NC1C(=C)CC(C)C1C)C(C)C. The summed E-state index contributed by atoms with van der Waals surface area (Å²) in [4.78, 5) is 0. The molecule has 0 aromatic carbocycles. The van der Waals surface area contributed by atoms with Gasteiger partial charge in [-0.25, -0.2) is 0 Å². The average molecular weight is 193 g/mol. The van der Waals surface area contributed by atoms with Gasteiger partial charge >= 0.3 is 0 Å². The maximum atomic E-state index is 4.15. The highest BCUT2D eigenvalue weighted by Gasteiger charge is 2.32. The molecular formula is C13H23N. The van der Waals surface area contributed by atoms with Gasteiger partial charge in [0.05, 0.1) is 0 Å². The molecular weight excluding hydrogens is 170 g/mol. The van der Waals surface area contributed by atoms with Crippen molar-refractivity contribution in [1.82, 2.24) is 5.32 Å². The molecule has 3 atom stereocenters. The van der Waals surface area contributed by atoms with Crippen LogP contribution in [0.4, 0.5) is 0 Å². The van der Waals surface area contributed by atoms with Gasteiger partial charge in [0.1, 0.15) is 0 Å². The molecule has 0 heterocycles. The van der Waals surface area contributed by atoms with E-state index in [1.165, 1.54) is 5.57 Å². The molecule has 1 aliphatic rings. The highest BCUT2D eigenvalue weighted by molar-refractivity contribution is 5.18. The lowest BCUT2D eigenvalue weighted by atomic mass is 9.97. The van der Waals surface area contributed by atoms with Gasteiger partial charge in [-0.05, 0) is 24.2 Å². The molecule has 1 N–H and O–H groups in total. The minimum Gasteiger partial charge on any atom is -0.382 e. The summed E-state index contributed by atoms with van der Waals surface area (Å²) in [6.07, 6.45) is 1.16.